The highest BCUT2D eigenvalue weighted by atomic mass is 79.9. The van der Waals surface area contributed by atoms with Crippen molar-refractivity contribution in [1.29, 1.82) is 0 Å². The van der Waals surface area contributed by atoms with Crippen molar-refractivity contribution < 1.29 is 4.74 Å². The Labute approximate surface area is 106 Å². The number of methoxy groups -OCH3 is 1. The van der Waals surface area contributed by atoms with Gasteiger partial charge in [-0.3, -0.25) is 0 Å². The van der Waals surface area contributed by atoms with Crippen LogP contribution < -0.4 is 10.5 Å². The highest BCUT2D eigenvalue weighted by Gasteiger charge is 2.15. The molecular weight excluding hydrogens is 288 g/mol. The Balaban J connectivity index is 2.39. The highest BCUT2D eigenvalue weighted by Crippen LogP contribution is 2.30. The first-order chi connectivity index (χ1) is 7.72. The molecule has 1 unspecified atom stereocenters. The Morgan fingerprint density at radius 2 is 2.31 bits per heavy atom. The molecule has 0 saturated carbocycles. The van der Waals surface area contributed by atoms with Crippen LogP contribution in [-0.4, -0.2) is 12.1 Å². The minimum Gasteiger partial charge on any atom is -0.497 e. The molecule has 3 nitrogen and oxygen atoms in total. The van der Waals surface area contributed by atoms with Crippen LogP contribution in [0.15, 0.2) is 34.2 Å². The van der Waals surface area contributed by atoms with Gasteiger partial charge in [0.25, 0.3) is 0 Å². The number of ether oxygens (including phenoxy) is 1. The maximum atomic E-state index is 6.15. The van der Waals surface area contributed by atoms with Crippen molar-refractivity contribution in [1.82, 2.24) is 4.98 Å². The summed E-state index contributed by atoms with van der Waals surface area (Å²) in [6.07, 6.45) is 1.76. The molecule has 1 aromatic heterocycles. The van der Waals surface area contributed by atoms with Crippen molar-refractivity contribution >= 4 is 27.3 Å². The summed E-state index contributed by atoms with van der Waals surface area (Å²) in [6, 6.07) is 5.53. The van der Waals surface area contributed by atoms with Crippen LogP contribution in [0.25, 0.3) is 0 Å². The van der Waals surface area contributed by atoms with E-state index in [1.807, 2.05) is 23.6 Å². The van der Waals surface area contributed by atoms with Gasteiger partial charge in [-0.15, -0.1) is 11.3 Å². The molecule has 0 amide bonds. The third-order valence-electron chi connectivity index (χ3n) is 2.26. The molecule has 2 rings (SSSR count). The highest BCUT2D eigenvalue weighted by molar-refractivity contribution is 9.10. The summed E-state index contributed by atoms with van der Waals surface area (Å²) in [4.78, 5) is 4.22. The molecule has 5 heteroatoms. The molecule has 1 aromatic carbocycles. The number of nitrogens with zero attached hydrogens (tertiary/aromatic N) is 1. The molecular formula is C11H11BrN2OS. The fourth-order valence-corrected chi connectivity index (χ4v) is 2.56. The molecule has 1 atom stereocenters. The van der Waals surface area contributed by atoms with Gasteiger partial charge in [-0.25, -0.2) is 4.98 Å². The van der Waals surface area contributed by atoms with E-state index in [-0.39, 0.29) is 6.04 Å². The SMILES string of the molecule is COc1ccc(Br)c(C(N)c2nccs2)c1. The van der Waals surface area contributed by atoms with Crippen molar-refractivity contribution in [2.24, 2.45) is 5.73 Å². The summed E-state index contributed by atoms with van der Waals surface area (Å²) in [6.45, 7) is 0. The normalized spacial score (nSPS) is 12.4. The number of thiazole rings is 1. The number of nitrogens with two attached hydrogens (primary N) is 1. The molecule has 2 N–H and O–H groups in total. The Morgan fingerprint density at radius 3 is 2.94 bits per heavy atom. The van der Waals surface area contributed by atoms with Crippen LogP contribution in [0.2, 0.25) is 0 Å². The third-order valence-corrected chi connectivity index (χ3v) is 3.84. The van der Waals surface area contributed by atoms with Crippen LogP contribution >= 0.6 is 27.3 Å². The van der Waals surface area contributed by atoms with Gasteiger partial charge in [-0.05, 0) is 23.8 Å². The summed E-state index contributed by atoms with van der Waals surface area (Å²) in [7, 11) is 1.64. The number of rotatable bonds is 3. The maximum absolute atomic E-state index is 6.15. The summed E-state index contributed by atoms with van der Waals surface area (Å²) in [5, 5.41) is 2.82. The lowest BCUT2D eigenvalue weighted by Crippen LogP contribution is -2.12. The number of benzene rings is 1. The Morgan fingerprint density at radius 1 is 1.50 bits per heavy atom. The van der Waals surface area contributed by atoms with Gasteiger partial charge in [0.15, 0.2) is 0 Å². The van der Waals surface area contributed by atoms with E-state index in [0.717, 1.165) is 20.8 Å². The van der Waals surface area contributed by atoms with E-state index in [4.69, 9.17) is 10.5 Å². The molecule has 0 fully saturated rings. The van der Waals surface area contributed by atoms with Crippen LogP contribution in [0.4, 0.5) is 0 Å². The third kappa shape index (κ3) is 2.26. The lowest BCUT2D eigenvalue weighted by Gasteiger charge is -2.12. The molecule has 2 aromatic rings. The molecule has 1 heterocycles. The summed E-state index contributed by atoms with van der Waals surface area (Å²) in [5.41, 5.74) is 7.13. The molecule has 16 heavy (non-hydrogen) atoms. The molecule has 0 spiro atoms. The van der Waals surface area contributed by atoms with Crippen LogP contribution in [0, 0.1) is 0 Å². The average Bonchev–Trinajstić information content (AvgIpc) is 2.82. The molecule has 0 radical (unpaired) electrons. The fourth-order valence-electron chi connectivity index (χ4n) is 1.41. The summed E-state index contributed by atoms with van der Waals surface area (Å²) in [5.74, 6) is 0.796. The lowest BCUT2D eigenvalue weighted by atomic mass is 10.1. The van der Waals surface area contributed by atoms with Crippen molar-refractivity contribution in [3.05, 3.63) is 44.8 Å². The first-order valence-corrected chi connectivity index (χ1v) is 6.38. The molecule has 84 valence electrons. The standard InChI is InChI=1S/C11H11BrN2OS/c1-15-7-2-3-9(12)8(6-7)10(13)11-14-4-5-16-11/h2-6,10H,13H2,1H3. The predicted octanol–water partition coefficient (Wildman–Crippen LogP) is 2.96. The number of hydrogen-bond acceptors (Lipinski definition) is 4. The smallest absolute Gasteiger partial charge is 0.119 e. The zero-order valence-electron chi connectivity index (χ0n) is 8.68. The van der Waals surface area contributed by atoms with Crippen molar-refractivity contribution in [2.75, 3.05) is 7.11 Å². The van der Waals surface area contributed by atoms with Gasteiger partial charge in [0.05, 0.1) is 13.2 Å². The second-order valence-corrected chi connectivity index (χ2v) is 5.02. The Kier molecular flexibility index (Phi) is 3.58. The van der Waals surface area contributed by atoms with E-state index in [0.29, 0.717) is 0 Å². The first kappa shape index (κ1) is 11.6. The van der Waals surface area contributed by atoms with Gasteiger partial charge >= 0.3 is 0 Å². The largest absolute Gasteiger partial charge is 0.497 e. The van der Waals surface area contributed by atoms with Crippen molar-refractivity contribution in [3.8, 4) is 5.75 Å². The zero-order chi connectivity index (χ0) is 11.5. The minimum absolute atomic E-state index is 0.218. The first-order valence-electron chi connectivity index (χ1n) is 4.71. The van der Waals surface area contributed by atoms with Crippen molar-refractivity contribution in [2.45, 2.75) is 6.04 Å². The minimum atomic E-state index is -0.218. The predicted molar refractivity (Wildman–Crippen MR) is 68.8 cm³/mol. The van der Waals surface area contributed by atoms with E-state index in [9.17, 15) is 0 Å². The topological polar surface area (TPSA) is 48.1 Å². The molecule has 0 aliphatic heterocycles. The van der Waals surface area contributed by atoms with Gasteiger partial charge in [-0.2, -0.15) is 0 Å². The molecule has 0 bridgehead atoms. The van der Waals surface area contributed by atoms with Gasteiger partial charge in [0.1, 0.15) is 10.8 Å². The van der Waals surface area contributed by atoms with E-state index >= 15 is 0 Å². The Hall–Kier alpha value is -0.910. The average molecular weight is 299 g/mol. The van der Waals surface area contributed by atoms with Gasteiger partial charge < -0.3 is 10.5 Å². The quantitative estimate of drug-likeness (QED) is 0.948. The van der Waals surface area contributed by atoms with Crippen LogP contribution in [0.5, 0.6) is 5.75 Å². The maximum Gasteiger partial charge on any atom is 0.119 e. The summed E-state index contributed by atoms with van der Waals surface area (Å²) >= 11 is 5.04. The number of halogens is 1. The van der Waals surface area contributed by atoms with Crippen LogP contribution in [-0.2, 0) is 0 Å². The zero-order valence-corrected chi connectivity index (χ0v) is 11.1. The number of aromatic nitrogens is 1. The van der Waals surface area contributed by atoms with Crippen molar-refractivity contribution in [3.63, 3.8) is 0 Å². The fraction of sp³-hybridized carbons (Fsp3) is 0.182. The molecule has 0 aliphatic rings. The van der Waals surface area contributed by atoms with E-state index in [2.05, 4.69) is 20.9 Å². The lowest BCUT2D eigenvalue weighted by molar-refractivity contribution is 0.414. The van der Waals surface area contributed by atoms with Crippen LogP contribution in [0.3, 0.4) is 0 Å². The van der Waals surface area contributed by atoms with Gasteiger partial charge in [0, 0.05) is 16.0 Å². The van der Waals surface area contributed by atoms with Gasteiger partial charge in [0.2, 0.25) is 0 Å². The molecule has 0 aliphatic carbocycles. The number of hydrogen-bond donors (Lipinski definition) is 1. The monoisotopic (exact) mass is 298 g/mol. The van der Waals surface area contributed by atoms with E-state index in [1.165, 1.54) is 0 Å². The second kappa shape index (κ2) is 4.95. The Bertz CT molecular complexity index is 473. The van der Waals surface area contributed by atoms with Gasteiger partial charge in [-0.1, -0.05) is 15.9 Å². The van der Waals surface area contributed by atoms with E-state index < -0.39 is 0 Å². The second-order valence-electron chi connectivity index (χ2n) is 3.24. The van der Waals surface area contributed by atoms with Crippen LogP contribution in [0.1, 0.15) is 16.6 Å². The summed E-state index contributed by atoms with van der Waals surface area (Å²) < 4.78 is 6.15. The molecule has 0 saturated heterocycles. The van der Waals surface area contributed by atoms with E-state index in [1.54, 1.807) is 24.6 Å².